The zero-order valence-electron chi connectivity index (χ0n) is 10.9. The molecule has 0 aliphatic carbocycles. The van der Waals surface area contributed by atoms with Gasteiger partial charge in [-0.15, -0.1) is 4.95 Å². The number of imidazole rings is 1. The Morgan fingerprint density at radius 2 is 2.05 bits per heavy atom. The third kappa shape index (κ3) is 3.57. The number of nitrogens with zero attached hydrogens (tertiary/aromatic N) is 2. The van der Waals surface area contributed by atoms with Gasteiger partial charge in [0.05, 0.1) is 11.3 Å². The van der Waals surface area contributed by atoms with Gasteiger partial charge in [0.2, 0.25) is 0 Å². The van der Waals surface area contributed by atoms with Crippen molar-refractivity contribution in [2.24, 2.45) is 0 Å². The summed E-state index contributed by atoms with van der Waals surface area (Å²) in [4.78, 5) is 52.5. The molecule has 0 spiro atoms. The van der Waals surface area contributed by atoms with E-state index in [0.29, 0.717) is 11.3 Å². The summed E-state index contributed by atoms with van der Waals surface area (Å²) >= 11 is 0. The Kier molecular flexibility index (Phi) is 5.02. The van der Waals surface area contributed by atoms with E-state index in [9.17, 15) is 19.2 Å². The molecule has 0 aromatic carbocycles. The van der Waals surface area contributed by atoms with Crippen LogP contribution in [0.1, 0.15) is 6.92 Å². The number of hydrogen-bond donors (Lipinski definition) is 3. The van der Waals surface area contributed by atoms with Gasteiger partial charge >= 0.3 is 22.9 Å². The minimum atomic E-state index is -0.882. The standard InChI is InChI=1S/C6H3N5O3.C5H8O2/c1-7-11-4(12)2-3(10-6(11)14)9-5(13)8-2;1-3-5(6)7-4-2/h(H,10,14)(H2,8,9,13);3H,1,4H2,2H3. The number of hydrogen-bond acceptors (Lipinski definition) is 5. The average molecular weight is 293 g/mol. The zero-order chi connectivity index (χ0) is 16.0. The molecule has 110 valence electrons. The highest BCUT2D eigenvalue weighted by Crippen LogP contribution is 1.91. The summed E-state index contributed by atoms with van der Waals surface area (Å²) < 4.78 is 4.73. The fourth-order valence-electron chi connectivity index (χ4n) is 1.29. The highest BCUT2D eigenvalue weighted by molar-refractivity contribution is 5.81. The fourth-order valence-corrected chi connectivity index (χ4v) is 1.29. The summed E-state index contributed by atoms with van der Waals surface area (Å²) in [6, 6.07) is 0. The highest BCUT2D eigenvalue weighted by Gasteiger charge is 2.12. The third-order valence-corrected chi connectivity index (χ3v) is 2.11. The Morgan fingerprint density at radius 3 is 2.52 bits per heavy atom. The number of aromatic amines is 3. The first-order valence-corrected chi connectivity index (χ1v) is 5.58. The van der Waals surface area contributed by atoms with Gasteiger partial charge < -0.3 is 4.74 Å². The van der Waals surface area contributed by atoms with Crippen molar-refractivity contribution < 1.29 is 9.53 Å². The molecule has 2 rings (SSSR count). The second-order valence-corrected chi connectivity index (χ2v) is 3.43. The van der Waals surface area contributed by atoms with E-state index >= 15 is 0 Å². The van der Waals surface area contributed by atoms with Crippen LogP contribution < -0.4 is 16.9 Å². The summed E-state index contributed by atoms with van der Waals surface area (Å²) in [5, 5.41) is 0. The lowest BCUT2D eigenvalue weighted by Gasteiger charge is -1.90. The van der Waals surface area contributed by atoms with Crippen molar-refractivity contribution in [3.05, 3.63) is 55.5 Å². The van der Waals surface area contributed by atoms with Gasteiger partial charge in [-0.25, -0.2) is 14.4 Å². The molecule has 2 aromatic rings. The summed E-state index contributed by atoms with van der Waals surface area (Å²) in [7, 11) is 0. The minimum Gasteiger partial charge on any atom is -0.463 e. The van der Waals surface area contributed by atoms with Crippen molar-refractivity contribution >= 4 is 17.1 Å². The molecule has 0 aliphatic rings. The molecule has 0 atom stereocenters. The van der Waals surface area contributed by atoms with Crippen molar-refractivity contribution in [2.75, 3.05) is 6.61 Å². The van der Waals surface area contributed by atoms with Crippen LogP contribution >= 0.6 is 0 Å². The normalized spacial score (nSPS) is 9.33. The number of esters is 1. The molecule has 0 fully saturated rings. The number of aromatic nitrogens is 4. The Balaban J connectivity index is 0.000000270. The number of carbonyl (C=O) groups is 1. The van der Waals surface area contributed by atoms with Crippen molar-refractivity contribution in [1.29, 1.82) is 0 Å². The van der Waals surface area contributed by atoms with E-state index in [1.54, 1.807) is 6.92 Å². The van der Waals surface area contributed by atoms with Crippen LogP contribution in [-0.4, -0.2) is 32.2 Å². The van der Waals surface area contributed by atoms with Crippen LogP contribution in [0.25, 0.3) is 16.1 Å². The summed E-state index contributed by atoms with van der Waals surface area (Å²) in [6.45, 7) is 12.0. The lowest BCUT2D eigenvalue weighted by atomic mass is 10.5. The molecule has 3 N–H and O–H groups in total. The van der Waals surface area contributed by atoms with Crippen LogP contribution in [0.2, 0.25) is 0 Å². The molecular weight excluding hydrogens is 282 g/mol. The van der Waals surface area contributed by atoms with Crippen molar-refractivity contribution in [3.8, 4) is 0 Å². The van der Waals surface area contributed by atoms with Crippen molar-refractivity contribution in [3.63, 3.8) is 0 Å². The molecule has 0 saturated heterocycles. The number of carbonyl (C=O) groups excluding carboxylic acids is 1. The number of nitrogens with one attached hydrogen (secondary N) is 3. The van der Waals surface area contributed by atoms with E-state index in [2.05, 4.69) is 31.2 Å². The Morgan fingerprint density at radius 1 is 1.38 bits per heavy atom. The van der Waals surface area contributed by atoms with Crippen LogP contribution in [0, 0.1) is 6.57 Å². The van der Waals surface area contributed by atoms with Gasteiger partial charge in [0, 0.05) is 6.08 Å². The fraction of sp³-hybridized carbons (Fsp3) is 0.182. The quantitative estimate of drug-likeness (QED) is 0.375. The van der Waals surface area contributed by atoms with Gasteiger partial charge in [-0.05, 0) is 6.92 Å². The molecule has 0 unspecified atom stereocenters. The number of rotatable bonds is 2. The molecule has 0 amide bonds. The average Bonchev–Trinajstić information content (AvgIpc) is 2.81. The van der Waals surface area contributed by atoms with Crippen LogP contribution in [-0.2, 0) is 9.53 Å². The van der Waals surface area contributed by atoms with Crippen LogP contribution in [0.15, 0.2) is 27.0 Å². The maximum atomic E-state index is 11.3. The summed E-state index contributed by atoms with van der Waals surface area (Å²) in [5.74, 6) is -0.359. The Hall–Kier alpha value is -3.35. The van der Waals surface area contributed by atoms with Gasteiger partial charge in [-0.1, -0.05) is 6.58 Å². The first kappa shape index (κ1) is 15.7. The van der Waals surface area contributed by atoms with Crippen LogP contribution in [0.5, 0.6) is 0 Å². The first-order valence-electron chi connectivity index (χ1n) is 5.58. The van der Waals surface area contributed by atoms with Crippen molar-refractivity contribution in [2.45, 2.75) is 6.92 Å². The molecule has 0 radical (unpaired) electrons. The second kappa shape index (κ2) is 6.71. The monoisotopic (exact) mass is 293 g/mol. The second-order valence-electron chi connectivity index (χ2n) is 3.43. The molecule has 10 heteroatoms. The Labute approximate surface area is 116 Å². The topological polar surface area (TPSA) is 134 Å². The van der Waals surface area contributed by atoms with Crippen LogP contribution in [0.3, 0.4) is 0 Å². The predicted molar refractivity (Wildman–Crippen MR) is 72.6 cm³/mol. The summed E-state index contributed by atoms with van der Waals surface area (Å²) in [6.07, 6.45) is 1.14. The lowest BCUT2D eigenvalue weighted by molar-refractivity contribution is -0.137. The SMILES string of the molecule is C=CC(=O)OCC.[C-]#[N+]n1c(=O)[nH]c2[nH]c(=O)[nH]c2c1=O. The molecule has 0 aliphatic heterocycles. The van der Waals surface area contributed by atoms with Gasteiger partial charge in [0.1, 0.15) is 5.65 Å². The molecule has 0 bridgehead atoms. The highest BCUT2D eigenvalue weighted by atomic mass is 16.5. The maximum Gasteiger partial charge on any atom is 0.398 e. The van der Waals surface area contributed by atoms with E-state index in [1.807, 2.05) is 0 Å². The van der Waals surface area contributed by atoms with E-state index < -0.39 is 16.9 Å². The predicted octanol–water partition coefficient (Wildman–Crippen LogP) is -0.876. The number of H-pyrrole nitrogens is 3. The molecule has 2 heterocycles. The van der Waals surface area contributed by atoms with E-state index in [1.165, 1.54) is 0 Å². The molecule has 2 aromatic heterocycles. The van der Waals surface area contributed by atoms with Gasteiger partial charge in [0.25, 0.3) is 0 Å². The van der Waals surface area contributed by atoms with Crippen LogP contribution in [0.4, 0.5) is 0 Å². The minimum absolute atomic E-state index is 0.00935. The molecular formula is C11H11N5O5. The zero-order valence-corrected chi connectivity index (χ0v) is 10.9. The van der Waals surface area contributed by atoms with Gasteiger partial charge in [0.15, 0.2) is 5.52 Å². The van der Waals surface area contributed by atoms with E-state index in [0.717, 1.165) is 6.08 Å². The first-order chi connectivity index (χ1) is 9.94. The van der Waals surface area contributed by atoms with E-state index in [4.69, 9.17) is 6.57 Å². The Bertz CT molecular complexity index is 875. The molecule has 0 saturated carbocycles. The lowest BCUT2D eigenvalue weighted by Crippen LogP contribution is -2.30. The van der Waals surface area contributed by atoms with Crippen molar-refractivity contribution in [1.82, 2.24) is 19.6 Å². The van der Waals surface area contributed by atoms with Gasteiger partial charge in [-0.3, -0.25) is 19.7 Å². The summed E-state index contributed by atoms with van der Waals surface area (Å²) in [5.41, 5.74) is -2.48. The largest absolute Gasteiger partial charge is 0.463 e. The third-order valence-electron chi connectivity index (χ3n) is 2.11. The smallest absolute Gasteiger partial charge is 0.398 e. The number of fused-ring (bicyclic) bond motifs is 1. The molecule has 10 nitrogen and oxygen atoms in total. The van der Waals surface area contributed by atoms with Gasteiger partial charge in [-0.2, -0.15) is 6.57 Å². The maximum absolute atomic E-state index is 11.3. The van der Waals surface area contributed by atoms with E-state index in [-0.39, 0.29) is 17.1 Å². The molecule has 21 heavy (non-hydrogen) atoms. The number of ether oxygens (including phenoxy) is 1.